The molecule has 0 unspecified atom stereocenters. The molecule has 3 heterocycles. The Morgan fingerprint density at radius 2 is 1.27 bits per heavy atom. The van der Waals surface area contributed by atoms with Crippen LogP contribution in [0.15, 0.2) is 140 Å². The lowest BCUT2D eigenvalue weighted by Gasteiger charge is -2.22. The Bertz CT molecular complexity index is 2650. The van der Waals surface area contributed by atoms with E-state index < -0.39 is 8.07 Å². The van der Waals surface area contributed by atoms with E-state index in [-0.39, 0.29) is 5.41 Å². The highest BCUT2D eigenvalue weighted by Gasteiger charge is 2.41. The minimum absolute atomic E-state index is 0.0949. The molecule has 10 rings (SSSR count). The Kier molecular flexibility index (Phi) is 5.79. The SMILES string of the molecule is CC1(C)c2ccccc2-c2ccc3c(c21)c1ccccc1n3-c1ccc(-c2nc(-c3ccccc3)c3c(n2)[Si](C)(C)c2ccccc2-3)cc1. The molecule has 0 amide bonds. The van der Waals surface area contributed by atoms with Crippen LogP contribution in [-0.4, -0.2) is 22.6 Å². The van der Waals surface area contributed by atoms with E-state index in [4.69, 9.17) is 9.97 Å². The molecular weight excluding hydrogens is 611 g/mol. The fraction of sp³-hybridized carbons (Fsp3) is 0.111. The number of nitrogens with zero attached hydrogens (tertiary/aromatic N) is 3. The van der Waals surface area contributed by atoms with Gasteiger partial charge in [0.2, 0.25) is 0 Å². The predicted octanol–water partition coefficient (Wildman–Crippen LogP) is 10.0. The van der Waals surface area contributed by atoms with E-state index in [1.807, 2.05) is 0 Å². The van der Waals surface area contributed by atoms with E-state index in [1.165, 1.54) is 65.7 Å². The normalized spacial score (nSPS) is 14.9. The molecular formula is C45H35N3Si. The largest absolute Gasteiger partial charge is 0.309 e. The zero-order chi connectivity index (χ0) is 33.1. The maximum absolute atomic E-state index is 5.39. The number of rotatable bonds is 3. The lowest BCUT2D eigenvalue weighted by molar-refractivity contribution is 0.666. The first kappa shape index (κ1) is 28.4. The average molecular weight is 646 g/mol. The third-order valence-electron chi connectivity index (χ3n) is 11.2. The van der Waals surface area contributed by atoms with Crippen molar-refractivity contribution in [2.24, 2.45) is 0 Å². The van der Waals surface area contributed by atoms with Crippen molar-refractivity contribution >= 4 is 40.4 Å². The van der Waals surface area contributed by atoms with Gasteiger partial charge in [-0.3, -0.25) is 0 Å². The average Bonchev–Trinajstić information content (AvgIpc) is 3.69. The smallest absolute Gasteiger partial charge is 0.159 e. The Hall–Kier alpha value is -5.58. The number of hydrogen-bond donors (Lipinski definition) is 0. The van der Waals surface area contributed by atoms with Crippen LogP contribution in [0.5, 0.6) is 0 Å². The van der Waals surface area contributed by atoms with Crippen LogP contribution in [0.2, 0.25) is 13.1 Å². The van der Waals surface area contributed by atoms with Crippen molar-refractivity contribution in [2.75, 3.05) is 0 Å². The number of benzene rings is 6. The maximum atomic E-state index is 5.39. The molecule has 234 valence electrons. The Morgan fingerprint density at radius 3 is 2.08 bits per heavy atom. The fourth-order valence-corrected chi connectivity index (χ4v) is 11.8. The van der Waals surface area contributed by atoms with Crippen LogP contribution in [0, 0.1) is 0 Å². The van der Waals surface area contributed by atoms with Crippen molar-refractivity contribution in [1.29, 1.82) is 0 Å². The molecule has 1 aliphatic carbocycles. The van der Waals surface area contributed by atoms with Crippen LogP contribution in [-0.2, 0) is 5.41 Å². The van der Waals surface area contributed by atoms with Gasteiger partial charge in [-0.1, -0.05) is 130 Å². The Labute approximate surface area is 287 Å². The van der Waals surface area contributed by atoms with Gasteiger partial charge in [0.05, 0.1) is 16.7 Å². The minimum atomic E-state index is -2.02. The fourth-order valence-electron chi connectivity index (χ4n) is 8.85. The second-order valence-corrected chi connectivity index (χ2v) is 18.9. The summed E-state index contributed by atoms with van der Waals surface area (Å²) in [5, 5.41) is 5.30. The van der Waals surface area contributed by atoms with Crippen LogP contribution < -0.4 is 10.5 Å². The number of fused-ring (bicyclic) bond motifs is 10. The van der Waals surface area contributed by atoms with Crippen molar-refractivity contribution in [3.8, 4) is 50.6 Å². The van der Waals surface area contributed by atoms with Gasteiger partial charge in [-0.2, -0.15) is 0 Å². The van der Waals surface area contributed by atoms with Gasteiger partial charge < -0.3 is 4.57 Å². The van der Waals surface area contributed by atoms with Crippen molar-refractivity contribution in [3.05, 3.63) is 151 Å². The summed E-state index contributed by atoms with van der Waals surface area (Å²) in [6.07, 6.45) is 0. The van der Waals surface area contributed by atoms with Crippen molar-refractivity contribution in [2.45, 2.75) is 32.4 Å². The molecule has 0 N–H and O–H groups in total. The van der Waals surface area contributed by atoms with E-state index in [0.717, 1.165) is 28.3 Å². The number of para-hydroxylation sites is 1. The Balaban J connectivity index is 1.15. The number of aromatic nitrogens is 3. The summed E-state index contributed by atoms with van der Waals surface area (Å²) < 4.78 is 2.43. The van der Waals surface area contributed by atoms with Gasteiger partial charge in [0.25, 0.3) is 0 Å². The van der Waals surface area contributed by atoms with E-state index in [9.17, 15) is 0 Å². The molecule has 8 aromatic rings. The zero-order valence-corrected chi connectivity index (χ0v) is 29.1. The second kappa shape index (κ2) is 9.97. The first-order valence-corrected chi connectivity index (χ1v) is 20.2. The minimum Gasteiger partial charge on any atom is -0.309 e. The molecule has 3 nitrogen and oxygen atoms in total. The van der Waals surface area contributed by atoms with Gasteiger partial charge in [-0.15, -0.1) is 0 Å². The molecule has 0 saturated heterocycles. The molecule has 0 saturated carbocycles. The highest BCUT2D eigenvalue weighted by Crippen LogP contribution is 2.53. The summed E-state index contributed by atoms with van der Waals surface area (Å²) >= 11 is 0. The standard InChI is InChI=1S/C45H35N3Si/c1-45(2)35-19-11-8-16-31(35)32-26-27-37-39(41(32)45)33-17-9-12-20-36(33)48(37)30-24-22-29(23-25-30)43-46-42(28-14-6-5-7-15-28)40-34-18-10-13-21-38(34)49(3,4)44(40)47-43/h5-27H,1-4H3. The lowest BCUT2D eigenvalue weighted by atomic mass is 9.80. The molecule has 2 aromatic heterocycles. The monoisotopic (exact) mass is 645 g/mol. The van der Waals surface area contributed by atoms with Gasteiger partial charge in [-0.25, -0.2) is 9.97 Å². The predicted molar refractivity (Wildman–Crippen MR) is 207 cm³/mol. The Morgan fingerprint density at radius 1 is 0.571 bits per heavy atom. The third-order valence-corrected chi connectivity index (χ3v) is 14.5. The van der Waals surface area contributed by atoms with E-state index in [2.05, 4.69) is 171 Å². The topological polar surface area (TPSA) is 30.7 Å². The van der Waals surface area contributed by atoms with Crippen LogP contribution in [0.25, 0.3) is 72.4 Å². The van der Waals surface area contributed by atoms with Gasteiger partial charge in [0.1, 0.15) is 8.07 Å². The van der Waals surface area contributed by atoms with E-state index in [1.54, 1.807) is 0 Å². The van der Waals surface area contributed by atoms with Gasteiger partial charge in [0, 0.05) is 43.9 Å². The van der Waals surface area contributed by atoms with Crippen molar-refractivity contribution < 1.29 is 0 Å². The highest BCUT2D eigenvalue weighted by atomic mass is 28.3. The molecule has 1 aliphatic heterocycles. The summed E-state index contributed by atoms with van der Waals surface area (Å²) in [5.74, 6) is 0.789. The zero-order valence-electron chi connectivity index (χ0n) is 28.1. The lowest BCUT2D eigenvalue weighted by Crippen LogP contribution is -2.50. The van der Waals surface area contributed by atoms with Gasteiger partial charge in [0.15, 0.2) is 5.82 Å². The molecule has 49 heavy (non-hydrogen) atoms. The maximum Gasteiger partial charge on any atom is 0.159 e. The second-order valence-electron chi connectivity index (χ2n) is 14.6. The first-order chi connectivity index (χ1) is 23.8. The summed E-state index contributed by atoms with van der Waals surface area (Å²) in [4.78, 5) is 10.7. The quantitative estimate of drug-likeness (QED) is 0.179. The van der Waals surface area contributed by atoms with Gasteiger partial charge >= 0.3 is 0 Å². The third kappa shape index (κ3) is 3.83. The highest BCUT2D eigenvalue weighted by molar-refractivity contribution is 7.03. The van der Waals surface area contributed by atoms with Crippen molar-refractivity contribution in [3.63, 3.8) is 0 Å². The summed E-state index contributed by atoms with van der Waals surface area (Å²) in [5.41, 5.74) is 14.7. The molecule has 4 heteroatoms. The van der Waals surface area contributed by atoms with Crippen LogP contribution >= 0.6 is 0 Å². The summed E-state index contributed by atoms with van der Waals surface area (Å²) in [7, 11) is -2.02. The first-order valence-electron chi connectivity index (χ1n) is 17.2. The molecule has 0 radical (unpaired) electrons. The van der Waals surface area contributed by atoms with Gasteiger partial charge in [-0.05, 0) is 69.4 Å². The summed E-state index contributed by atoms with van der Waals surface area (Å²) in [6, 6.07) is 50.8. The van der Waals surface area contributed by atoms with Crippen LogP contribution in [0.4, 0.5) is 0 Å². The van der Waals surface area contributed by atoms with Crippen molar-refractivity contribution in [1.82, 2.24) is 14.5 Å². The molecule has 0 atom stereocenters. The van der Waals surface area contributed by atoms with Crippen LogP contribution in [0.1, 0.15) is 25.0 Å². The molecule has 2 aliphatic rings. The molecule has 0 spiro atoms. The van der Waals surface area contributed by atoms with E-state index >= 15 is 0 Å². The van der Waals surface area contributed by atoms with Crippen LogP contribution in [0.3, 0.4) is 0 Å². The van der Waals surface area contributed by atoms with E-state index in [0.29, 0.717) is 0 Å². The molecule has 6 aromatic carbocycles. The molecule has 0 bridgehead atoms. The summed E-state index contributed by atoms with van der Waals surface area (Å²) in [6.45, 7) is 9.60. The molecule has 0 fully saturated rings. The number of hydrogen-bond acceptors (Lipinski definition) is 2.